The van der Waals surface area contributed by atoms with Crippen molar-refractivity contribution in [2.75, 3.05) is 0 Å². The number of hydrogen-bond donors (Lipinski definition) is 0. The van der Waals surface area contributed by atoms with Crippen molar-refractivity contribution in [1.82, 2.24) is 9.97 Å². The van der Waals surface area contributed by atoms with E-state index in [0.717, 1.165) is 44.3 Å². The molecule has 146 valence electrons. The first kappa shape index (κ1) is 17.4. The van der Waals surface area contributed by atoms with Crippen molar-refractivity contribution < 1.29 is 4.42 Å². The molecular formula is C27H22N2O. The Morgan fingerprint density at radius 1 is 0.767 bits per heavy atom. The highest BCUT2D eigenvalue weighted by Crippen LogP contribution is 2.52. The third-order valence-electron chi connectivity index (χ3n) is 6.62. The average Bonchev–Trinajstić information content (AvgIpc) is 3.22. The topological polar surface area (TPSA) is 38.9 Å². The Hall–Kier alpha value is -3.46. The molecule has 0 unspecified atom stereocenters. The van der Waals surface area contributed by atoms with E-state index in [4.69, 9.17) is 9.40 Å². The van der Waals surface area contributed by atoms with Gasteiger partial charge in [0.1, 0.15) is 11.2 Å². The minimum absolute atomic E-state index is 0.0714. The highest BCUT2D eigenvalue weighted by Gasteiger charge is 2.37. The Morgan fingerprint density at radius 3 is 2.30 bits per heavy atom. The predicted octanol–water partition coefficient (Wildman–Crippen LogP) is 6.97. The minimum atomic E-state index is -0.0714. The zero-order valence-corrected chi connectivity index (χ0v) is 17.6. The van der Waals surface area contributed by atoms with E-state index >= 15 is 0 Å². The van der Waals surface area contributed by atoms with Crippen LogP contribution in [0.5, 0.6) is 0 Å². The van der Waals surface area contributed by atoms with E-state index in [1.807, 2.05) is 18.6 Å². The molecule has 0 atom stereocenters. The van der Waals surface area contributed by atoms with Crippen LogP contribution in [0.4, 0.5) is 0 Å². The van der Waals surface area contributed by atoms with Crippen LogP contribution >= 0.6 is 0 Å². The maximum atomic E-state index is 6.67. The number of fused-ring (bicyclic) bond motifs is 7. The van der Waals surface area contributed by atoms with Gasteiger partial charge in [0.25, 0.3) is 0 Å². The number of rotatable bonds is 1. The first-order valence-electron chi connectivity index (χ1n) is 10.3. The zero-order chi connectivity index (χ0) is 20.6. The lowest BCUT2D eigenvalue weighted by Crippen LogP contribution is -2.14. The van der Waals surface area contributed by atoms with E-state index in [9.17, 15) is 0 Å². The Bertz CT molecular complexity index is 1470. The number of pyridine rings is 2. The highest BCUT2D eigenvalue weighted by atomic mass is 16.3. The average molecular weight is 390 g/mol. The molecule has 0 saturated heterocycles. The summed E-state index contributed by atoms with van der Waals surface area (Å²) in [5, 5.41) is 2.27. The van der Waals surface area contributed by atoms with Crippen LogP contribution in [0.2, 0.25) is 0 Å². The molecule has 0 saturated carbocycles. The summed E-state index contributed by atoms with van der Waals surface area (Å²) in [6.45, 7) is 8.73. The number of furan rings is 1. The summed E-state index contributed by atoms with van der Waals surface area (Å²) < 4.78 is 6.67. The van der Waals surface area contributed by atoms with Gasteiger partial charge in [0.05, 0.1) is 5.69 Å². The van der Waals surface area contributed by atoms with Gasteiger partial charge in [-0.15, -0.1) is 0 Å². The molecule has 0 spiro atoms. The van der Waals surface area contributed by atoms with Gasteiger partial charge in [0, 0.05) is 51.5 Å². The first-order chi connectivity index (χ1) is 14.5. The summed E-state index contributed by atoms with van der Waals surface area (Å²) in [6, 6.07) is 15.1. The number of aryl methyl sites for hydroxylation is 2. The van der Waals surface area contributed by atoms with E-state index in [2.05, 4.69) is 75.1 Å². The van der Waals surface area contributed by atoms with E-state index in [0.29, 0.717) is 0 Å². The van der Waals surface area contributed by atoms with Crippen LogP contribution in [0, 0.1) is 13.8 Å². The van der Waals surface area contributed by atoms with Crippen molar-refractivity contribution in [1.29, 1.82) is 0 Å². The molecule has 30 heavy (non-hydrogen) atoms. The van der Waals surface area contributed by atoms with Crippen LogP contribution in [-0.2, 0) is 5.41 Å². The van der Waals surface area contributed by atoms with Crippen LogP contribution in [0.15, 0.2) is 65.5 Å². The Morgan fingerprint density at radius 2 is 1.53 bits per heavy atom. The SMILES string of the molecule is Cc1ccc(-c2c(C)ccc3c2oc2c4c(ccc23)C(C)(C)c2ccncc2-4)nc1. The van der Waals surface area contributed by atoms with Gasteiger partial charge in [0.15, 0.2) is 0 Å². The highest BCUT2D eigenvalue weighted by molar-refractivity contribution is 6.14. The molecule has 3 heterocycles. The Balaban J connectivity index is 1.74. The van der Waals surface area contributed by atoms with E-state index in [1.165, 1.54) is 22.3 Å². The quantitative estimate of drug-likeness (QED) is 0.310. The molecule has 0 N–H and O–H groups in total. The molecular weight excluding hydrogens is 368 g/mol. The monoisotopic (exact) mass is 390 g/mol. The number of aromatic nitrogens is 2. The van der Waals surface area contributed by atoms with Gasteiger partial charge in [-0.05, 0) is 48.2 Å². The molecule has 5 aromatic rings. The molecule has 0 fully saturated rings. The van der Waals surface area contributed by atoms with Crippen LogP contribution in [0.25, 0.3) is 44.3 Å². The van der Waals surface area contributed by atoms with E-state index in [1.54, 1.807) is 0 Å². The van der Waals surface area contributed by atoms with Gasteiger partial charge in [-0.1, -0.05) is 44.2 Å². The zero-order valence-electron chi connectivity index (χ0n) is 17.6. The van der Waals surface area contributed by atoms with Gasteiger partial charge in [-0.25, -0.2) is 0 Å². The summed E-state index contributed by atoms with van der Waals surface area (Å²) in [5.74, 6) is 0. The van der Waals surface area contributed by atoms with Crippen molar-refractivity contribution in [3.05, 3.63) is 83.3 Å². The Kier molecular flexibility index (Phi) is 3.36. The Labute approximate surface area is 175 Å². The minimum Gasteiger partial charge on any atom is -0.455 e. The number of benzene rings is 2. The van der Waals surface area contributed by atoms with E-state index < -0.39 is 0 Å². The van der Waals surface area contributed by atoms with Gasteiger partial charge >= 0.3 is 0 Å². The summed E-state index contributed by atoms with van der Waals surface area (Å²) in [4.78, 5) is 9.11. The molecule has 3 heteroatoms. The molecule has 0 aliphatic heterocycles. The second-order valence-electron chi connectivity index (χ2n) is 8.87. The summed E-state index contributed by atoms with van der Waals surface area (Å²) >= 11 is 0. The molecule has 0 bridgehead atoms. The van der Waals surface area contributed by atoms with Crippen molar-refractivity contribution in [2.24, 2.45) is 0 Å². The molecule has 1 aliphatic rings. The second-order valence-corrected chi connectivity index (χ2v) is 8.87. The smallest absolute Gasteiger partial charge is 0.145 e. The van der Waals surface area contributed by atoms with Crippen molar-refractivity contribution >= 4 is 21.9 Å². The maximum absolute atomic E-state index is 6.67. The molecule has 6 rings (SSSR count). The standard InChI is InChI=1S/C27H22N2O/c1-15-5-10-22(29-13-15)23-16(2)6-7-17-18-8-9-21-24(26(18)30-25(17)23)19-14-28-12-11-20(19)27(21,3)4/h5-14H,1-4H3. The number of nitrogens with zero attached hydrogens (tertiary/aromatic N) is 2. The molecule has 0 radical (unpaired) electrons. The third-order valence-corrected chi connectivity index (χ3v) is 6.62. The lowest BCUT2D eigenvalue weighted by atomic mass is 9.82. The van der Waals surface area contributed by atoms with Crippen LogP contribution in [0.3, 0.4) is 0 Å². The van der Waals surface area contributed by atoms with Gasteiger partial charge in [-0.2, -0.15) is 0 Å². The van der Waals surface area contributed by atoms with Crippen molar-refractivity contribution in [2.45, 2.75) is 33.1 Å². The molecule has 0 amide bonds. The fourth-order valence-corrected chi connectivity index (χ4v) is 5.01. The van der Waals surface area contributed by atoms with Crippen molar-refractivity contribution in [3.8, 4) is 22.4 Å². The van der Waals surface area contributed by atoms with Crippen LogP contribution in [-0.4, -0.2) is 9.97 Å². The fourth-order valence-electron chi connectivity index (χ4n) is 5.01. The first-order valence-corrected chi connectivity index (χ1v) is 10.3. The summed E-state index contributed by atoms with van der Waals surface area (Å²) in [6.07, 6.45) is 5.77. The van der Waals surface area contributed by atoms with Crippen LogP contribution < -0.4 is 0 Å². The van der Waals surface area contributed by atoms with Gasteiger partial charge < -0.3 is 4.42 Å². The van der Waals surface area contributed by atoms with Crippen LogP contribution in [0.1, 0.15) is 36.1 Å². The number of hydrogen-bond acceptors (Lipinski definition) is 3. The normalized spacial score (nSPS) is 14.3. The van der Waals surface area contributed by atoms with Gasteiger partial charge in [-0.3, -0.25) is 9.97 Å². The lowest BCUT2D eigenvalue weighted by Gasteiger charge is -2.20. The maximum Gasteiger partial charge on any atom is 0.145 e. The second kappa shape index (κ2) is 5.79. The summed E-state index contributed by atoms with van der Waals surface area (Å²) in [7, 11) is 0. The van der Waals surface area contributed by atoms with Crippen molar-refractivity contribution in [3.63, 3.8) is 0 Å². The molecule has 3 nitrogen and oxygen atoms in total. The summed E-state index contributed by atoms with van der Waals surface area (Å²) in [5.41, 5.74) is 11.1. The molecule has 3 aromatic heterocycles. The lowest BCUT2D eigenvalue weighted by molar-refractivity contribution is 0.653. The largest absolute Gasteiger partial charge is 0.455 e. The predicted molar refractivity (Wildman–Crippen MR) is 122 cm³/mol. The van der Waals surface area contributed by atoms with Gasteiger partial charge in [0.2, 0.25) is 0 Å². The molecule has 2 aromatic carbocycles. The van der Waals surface area contributed by atoms with E-state index in [-0.39, 0.29) is 5.41 Å². The molecule has 1 aliphatic carbocycles. The third kappa shape index (κ3) is 2.15. The fraction of sp³-hybridized carbons (Fsp3) is 0.185.